The second-order valence-corrected chi connectivity index (χ2v) is 4.54. The van der Waals surface area contributed by atoms with Crippen molar-refractivity contribution < 1.29 is 0 Å². The zero-order chi connectivity index (χ0) is 11.5. The molecule has 4 heteroatoms. The van der Waals surface area contributed by atoms with Crippen molar-refractivity contribution in [3.63, 3.8) is 0 Å². The summed E-state index contributed by atoms with van der Waals surface area (Å²) in [5.41, 5.74) is 6.76. The van der Waals surface area contributed by atoms with E-state index in [4.69, 9.17) is 5.73 Å². The molecule has 1 saturated carbocycles. The summed E-state index contributed by atoms with van der Waals surface area (Å²) in [6, 6.07) is 3.89. The van der Waals surface area contributed by atoms with E-state index in [1.54, 1.807) is 17.7 Å². The van der Waals surface area contributed by atoms with Crippen molar-refractivity contribution in [3.05, 3.63) is 28.7 Å². The lowest BCUT2D eigenvalue weighted by atomic mass is 10.0. The summed E-state index contributed by atoms with van der Waals surface area (Å²) in [5.74, 6) is 0.567. The number of hydrogen-bond acceptors (Lipinski definition) is 3. The van der Waals surface area contributed by atoms with E-state index >= 15 is 0 Å². The highest BCUT2D eigenvalue weighted by atomic mass is 16.1. The van der Waals surface area contributed by atoms with Crippen LogP contribution in [0.15, 0.2) is 23.1 Å². The number of aryl methyl sites for hydroxylation is 1. The summed E-state index contributed by atoms with van der Waals surface area (Å²) in [6.07, 6.45) is 5.46. The van der Waals surface area contributed by atoms with Crippen LogP contribution in [-0.4, -0.2) is 17.2 Å². The van der Waals surface area contributed by atoms with Crippen LogP contribution in [0.2, 0.25) is 0 Å². The lowest BCUT2D eigenvalue weighted by Gasteiger charge is -2.20. The van der Waals surface area contributed by atoms with Gasteiger partial charge in [0, 0.05) is 25.4 Å². The fraction of sp³-hybridized carbons (Fsp3) is 0.583. The quantitative estimate of drug-likeness (QED) is 0.798. The summed E-state index contributed by atoms with van der Waals surface area (Å²) in [4.78, 5) is 11.2. The Balaban J connectivity index is 2.08. The van der Waals surface area contributed by atoms with E-state index < -0.39 is 0 Å². The van der Waals surface area contributed by atoms with Crippen LogP contribution in [0.1, 0.15) is 19.3 Å². The second kappa shape index (κ2) is 4.70. The molecule has 1 heterocycles. The monoisotopic (exact) mass is 221 g/mol. The first-order valence-electron chi connectivity index (χ1n) is 5.84. The fourth-order valence-electron chi connectivity index (χ4n) is 2.40. The highest BCUT2D eigenvalue weighted by Gasteiger charge is 2.25. The normalized spacial score (nSPS) is 24.6. The van der Waals surface area contributed by atoms with Crippen molar-refractivity contribution in [2.75, 3.05) is 11.9 Å². The van der Waals surface area contributed by atoms with E-state index in [0.717, 1.165) is 12.2 Å². The Labute approximate surface area is 95.5 Å². The molecule has 0 saturated heterocycles. The molecule has 2 rings (SSSR count). The van der Waals surface area contributed by atoms with Gasteiger partial charge in [0.15, 0.2) is 0 Å². The van der Waals surface area contributed by atoms with Crippen LogP contribution in [0.5, 0.6) is 0 Å². The minimum absolute atomic E-state index is 0.0207. The highest BCUT2D eigenvalue weighted by molar-refractivity contribution is 5.41. The van der Waals surface area contributed by atoms with Gasteiger partial charge < -0.3 is 15.6 Å². The molecule has 88 valence electrons. The molecule has 4 nitrogen and oxygen atoms in total. The Morgan fingerprint density at radius 2 is 2.31 bits per heavy atom. The van der Waals surface area contributed by atoms with Gasteiger partial charge in [0.1, 0.15) is 0 Å². The van der Waals surface area contributed by atoms with E-state index in [0.29, 0.717) is 12.0 Å². The lowest BCUT2D eigenvalue weighted by molar-refractivity contribution is 0.516. The van der Waals surface area contributed by atoms with Crippen LogP contribution in [0.25, 0.3) is 0 Å². The Morgan fingerprint density at radius 3 is 3.00 bits per heavy atom. The van der Waals surface area contributed by atoms with E-state index in [9.17, 15) is 4.79 Å². The van der Waals surface area contributed by atoms with Crippen LogP contribution in [-0.2, 0) is 7.05 Å². The first-order valence-corrected chi connectivity index (χ1v) is 5.84. The van der Waals surface area contributed by atoms with E-state index in [1.165, 1.54) is 19.3 Å². The molecule has 2 unspecified atom stereocenters. The van der Waals surface area contributed by atoms with Gasteiger partial charge in [-0.2, -0.15) is 0 Å². The number of nitrogens with zero attached hydrogens (tertiary/aromatic N) is 1. The van der Waals surface area contributed by atoms with Gasteiger partial charge in [-0.25, -0.2) is 0 Å². The molecule has 0 radical (unpaired) electrons. The van der Waals surface area contributed by atoms with Gasteiger partial charge in [-0.1, -0.05) is 6.42 Å². The molecule has 1 aliphatic carbocycles. The third kappa shape index (κ3) is 2.27. The van der Waals surface area contributed by atoms with Crippen molar-refractivity contribution in [2.24, 2.45) is 18.7 Å². The Morgan fingerprint density at radius 1 is 1.50 bits per heavy atom. The number of aromatic nitrogens is 1. The molecule has 1 fully saturated rings. The van der Waals surface area contributed by atoms with E-state index in [2.05, 4.69) is 5.32 Å². The summed E-state index contributed by atoms with van der Waals surface area (Å²) < 4.78 is 1.59. The highest BCUT2D eigenvalue weighted by Crippen LogP contribution is 2.27. The van der Waals surface area contributed by atoms with Crippen LogP contribution in [0.4, 0.5) is 5.69 Å². The van der Waals surface area contributed by atoms with Crippen molar-refractivity contribution in [3.8, 4) is 0 Å². The molecule has 0 bridgehead atoms. The molecule has 0 amide bonds. The molecular formula is C12H19N3O. The minimum Gasteiger partial charge on any atom is -0.381 e. The first kappa shape index (κ1) is 11.2. The summed E-state index contributed by atoms with van der Waals surface area (Å²) in [5, 5.41) is 3.47. The molecular weight excluding hydrogens is 202 g/mol. The van der Waals surface area contributed by atoms with Crippen molar-refractivity contribution in [1.82, 2.24) is 4.57 Å². The first-order chi connectivity index (χ1) is 7.70. The lowest BCUT2D eigenvalue weighted by Crippen LogP contribution is -2.30. The molecule has 2 atom stereocenters. The van der Waals surface area contributed by atoms with Gasteiger partial charge in [-0.3, -0.25) is 4.79 Å². The SMILES string of the molecule is Cn1cc(NC2CCCC2CN)ccc1=O. The van der Waals surface area contributed by atoms with E-state index in [-0.39, 0.29) is 5.56 Å². The summed E-state index contributed by atoms with van der Waals surface area (Å²) >= 11 is 0. The van der Waals surface area contributed by atoms with Crippen LogP contribution >= 0.6 is 0 Å². The summed E-state index contributed by atoms with van der Waals surface area (Å²) in [7, 11) is 1.77. The number of hydrogen-bond donors (Lipinski definition) is 2. The molecule has 0 spiro atoms. The van der Waals surface area contributed by atoms with Crippen LogP contribution in [0, 0.1) is 5.92 Å². The van der Waals surface area contributed by atoms with Crippen molar-refractivity contribution in [2.45, 2.75) is 25.3 Å². The summed E-state index contributed by atoms with van der Waals surface area (Å²) in [6.45, 7) is 0.740. The van der Waals surface area contributed by atoms with Gasteiger partial charge in [-0.05, 0) is 31.4 Å². The number of nitrogens with two attached hydrogens (primary N) is 1. The van der Waals surface area contributed by atoms with Gasteiger partial charge in [0.2, 0.25) is 5.56 Å². The zero-order valence-corrected chi connectivity index (χ0v) is 9.65. The van der Waals surface area contributed by atoms with Gasteiger partial charge >= 0.3 is 0 Å². The predicted molar refractivity (Wildman–Crippen MR) is 65.5 cm³/mol. The average Bonchev–Trinajstić information content (AvgIpc) is 2.71. The Bertz CT molecular complexity index is 413. The third-order valence-electron chi connectivity index (χ3n) is 3.40. The fourth-order valence-corrected chi connectivity index (χ4v) is 2.40. The molecule has 1 aromatic heterocycles. The predicted octanol–water partition coefficient (Wildman–Crippen LogP) is 0.925. The van der Waals surface area contributed by atoms with Gasteiger partial charge in [-0.15, -0.1) is 0 Å². The van der Waals surface area contributed by atoms with Crippen LogP contribution in [0.3, 0.4) is 0 Å². The minimum atomic E-state index is 0.0207. The topological polar surface area (TPSA) is 60.1 Å². The van der Waals surface area contributed by atoms with Crippen LogP contribution < -0.4 is 16.6 Å². The average molecular weight is 221 g/mol. The number of rotatable bonds is 3. The third-order valence-corrected chi connectivity index (χ3v) is 3.40. The van der Waals surface area contributed by atoms with Gasteiger partial charge in [0.25, 0.3) is 0 Å². The molecule has 1 aromatic rings. The molecule has 0 aliphatic heterocycles. The standard InChI is InChI=1S/C12H19N3O/c1-15-8-10(5-6-12(15)16)14-11-4-2-3-9(11)7-13/h5-6,8-9,11,14H,2-4,7,13H2,1H3. The van der Waals surface area contributed by atoms with Crippen molar-refractivity contribution >= 4 is 5.69 Å². The van der Waals surface area contributed by atoms with Gasteiger partial charge in [0.05, 0.1) is 5.69 Å². The maximum atomic E-state index is 11.2. The van der Waals surface area contributed by atoms with E-state index in [1.807, 2.05) is 12.3 Å². The molecule has 0 aromatic carbocycles. The molecule has 3 N–H and O–H groups in total. The van der Waals surface area contributed by atoms with Crippen molar-refractivity contribution in [1.29, 1.82) is 0 Å². The number of nitrogens with one attached hydrogen (secondary N) is 1. The Hall–Kier alpha value is -1.29. The smallest absolute Gasteiger partial charge is 0.250 e. The maximum absolute atomic E-state index is 11.2. The maximum Gasteiger partial charge on any atom is 0.250 e. The Kier molecular flexibility index (Phi) is 3.29. The number of anilines is 1. The number of pyridine rings is 1. The molecule has 1 aliphatic rings. The molecule has 16 heavy (non-hydrogen) atoms. The second-order valence-electron chi connectivity index (χ2n) is 4.54. The zero-order valence-electron chi connectivity index (χ0n) is 9.65. The largest absolute Gasteiger partial charge is 0.381 e.